The summed E-state index contributed by atoms with van der Waals surface area (Å²) in [6.07, 6.45) is 2.07. The summed E-state index contributed by atoms with van der Waals surface area (Å²) in [5.41, 5.74) is 2.14. The van der Waals surface area contributed by atoms with Crippen LogP contribution >= 0.6 is 39.3 Å². The van der Waals surface area contributed by atoms with Gasteiger partial charge in [-0.15, -0.1) is 23.4 Å². The second-order valence-electron chi connectivity index (χ2n) is 4.25. The number of thioether (sulfide) groups is 1. The number of rotatable bonds is 5. The second-order valence-corrected chi connectivity index (χ2v) is 6.42. The molecule has 0 radical (unpaired) electrons. The van der Waals surface area contributed by atoms with Crippen molar-refractivity contribution < 1.29 is 4.74 Å². The van der Waals surface area contributed by atoms with Crippen LogP contribution in [0.15, 0.2) is 51.8 Å². The lowest BCUT2D eigenvalue weighted by Gasteiger charge is -2.14. The van der Waals surface area contributed by atoms with Gasteiger partial charge in [-0.1, -0.05) is 34.1 Å². The van der Waals surface area contributed by atoms with Gasteiger partial charge in [0.15, 0.2) is 0 Å². The van der Waals surface area contributed by atoms with E-state index in [1.54, 1.807) is 11.8 Å². The first kappa shape index (κ1) is 15.7. The summed E-state index contributed by atoms with van der Waals surface area (Å²) >= 11 is 11.9. The van der Waals surface area contributed by atoms with Gasteiger partial charge in [-0.25, -0.2) is 0 Å². The predicted octanol–water partition coefficient (Wildman–Crippen LogP) is 5.90. The van der Waals surface area contributed by atoms with Gasteiger partial charge in [0.1, 0.15) is 5.75 Å². The van der Waals surface area contributed by atoms with Gasteiger partial charge in [-0.05, 0) is 48.6 Å². The van der Waals surface area contributed by atoms with Crippen LogP contribution in [0, 0.1) is 0 Å². The maximum atomic E-state index is 6.58. The van der Waals surface area contributed by atoms with E-state index >= 15 is 0 Å². The number of halogens is 2. The van der Waals surface area contributed by atoms with Crippen molar-refractivity contribution in [1.82, 2.24) is 0 Å². The molecule has 20 heavy (non-hydrogen) atoms. The van der Waals surface area contributed by atoms with Gasteiger partial charge in [0, 0.05) is 9.37 Å². The van der Waals surface area contributed by atoms with Crippen molar-refractivity contribution in [3.05, 3.63) is 58.1 Å². The topological polar surface area (TPSA) is 9.23 Å². The molecule has 1 atom stereocenters. The first-order valence-electron chi connectivity index (χ1n) is 6.36. The van der Waals surface area contributed by atoms with E-state index in [1.165, 1.54) is 4.90 Å². The van der Waals surface area contributed by atoms with Crippen LogP contribution in [-0.2, 0) is 0 Å². The van der Waals surface area contributed by atoms with Crippen molar-refractivity contribution in [3.8, 4) is 5.75 Å². The zero-order valence-corrected chi connectivity index (χ0v) is 14.6. The summed E-state index contributed by atoms with van der Waals surface area (Å²) in [4.78, 5) is 1.24. The smallest absolute Gasteiger partial charge is 0.120 e. The molecule has 106 valence electrons. The van der Waals surface area contributed by atoms with Gasteiger partial charge < -0.3 is 4.74 Å². The molecule has 2 rings (SSSR count). The first-order chi connectivity index (χ1) is 9.65. The standard InChI is InChI=1S/C16H16BrClOS/c1-3-19-12-6-9-14(15(17)10-12)16(18)11-4-7-13(20-2)8-5-11/h4-10,16H,3H2,1-2H3. The molecule has 0 saturated heterocycles. The number of benzene rings is 2. The minimum atomic E-state index is -0.170. The summed E-state index contributed by atoms with van der Waals surface area (Å²) in [7, 11) is 0. The molecule has 2 aromatic carbocycles. The molecule has 0 aliphatic carbocycles. The molecular weight excluding hydrogens is 356 g/mol. The lowest BCUT2D eigenvalue weighted by Crippen LogP contribution is -1.97. The van der Waals surface area contributed by atoms with Crippen molar-refractivity contribution in [2.75, 3.05) is 12.9 Å². The maximum Gasteiger partial charge on any atom is 0.120 e. The Balaban J connectivity index is 2.25. The van der Waals surface area contributed by atoms with Crippen molar-refractivity contribution in [2.45, 2.75) is 17.2 Å². The van der Waals surface area contributed by atoms with Gasteiger partial charge in [-0.2, -0.15) is 0 Å². The van der Waals surface area contributed by atoms with E-state index in [4.69, 9.17) is 16.3 Å². The van der Waals surface area contributed by atoms with Crippen LogP contribution in [-0.4, -0.2) is 12.9 Å². The minimum absolute atomic E-state index is 0.170. The molecule has 0 heterocycles. The second kappa shape index (κ2) is 7.39. The number of alkyl halides is 1. The normalized spacial score (nSPS) is 12.2. The molecule has 1 unspecified atom stereocenters. The molecule has 0 aliphatic heterocycles. The predicted molar refractivity (Wildman–Crippen MR) is 91.2 cm³/mol. The van der Waals surface area contributed by atoms with E-state index < -0.39 is 0 Å². The van der Waals surface area contributed by atoms with Crippen LogP contribution in [0.25, 0.3) is 0 Å². The van der Waals surface area contributed by atoms with Crippen LogP contribution < -0.4 is 4.74 Å². The summed E-state index contributed by atoms with van der Waals surface area (Å²) in [5, 5.41) is -0.170. The van der Waals surface area contributed by atoms with Crippen LogP contribution in [0.1, 0.15) is 23.4 Å². The molecule has 0 spiro atoms. The third-order valence-corrected chi connectivity index (χ3v) is 4.88. The highest BCUT2D eigenvalue weighted by molar-refractivity contribution is 9.10. The fraction of sp³-hybridized carbons (Fsp3) is 0.250. The Morgan fingerprint density at radius 2 is 1.90 bits per heavy atom. The Labute approximate surface area is 137 Å². The lowest BCUT2D eigenvalue weighted by atomic mass is 10.0. The zero-order chi connectivity index (χ0) is 14.5. The van der Waals surface area contributed by atoms with Crippen LogP contribution in [0.5, 0.6) is 5.75 Å². The summed E-state index contributed by atoms with van der Waals surface area (Å²) < 4.78 is 6.45. The fourth-order valence-electron chi connectivity index (χ4n) is 1.92. The molecule has 0 aliphatic rings. The van der Waals surface area contributed by atoms with Gasteiger partial charge in [0.05, 0.1) is 12.0 Å². The van der Waals surface area contributed by atoms with Crippen molar-refractivity contribution in [2.24, 2.45) is 0 Å². The third kappa shape index (κ3) is 3.72. The largest absolute Gasteiger partial charge is 0.494 e. The van der Waals surface area contributed by atoms with Crippen molar-refractivity contribution in [3.63, 3.8) is 0 Å². The van der Waals surface area contributed by atoms with Crippen LogP contribution in [0.2, 0.25) is 0 Å². The first-order valence-corrected chi connectivity index (χ1v) is 8.81. The van der Waals surface area contributed by atoms with Crippen molar-refractivity contribution in [1.29, 1.82) is 0 Å². The van der Waals surface area contributed by atoms with E-state index in [0.717, 1.165) is 21.3 Å². The molecule has 1 nitrogen and oxygen atoms in total. The highest BCUT2D eigenvalue weighted by Crippen LogP contribution is 2.36. The van der Waals surface area contributed by atoms with E-state index in [1.807, 2.05) is 25.1 Å². The quantitative estimate of drug-likeness (QED) is 0.478. The highest BCUT2D eigenvalue weighted by Gasteiger charge is 2.14. The Morgan fingerprint density at radius 3 is 2.45 bits per heavy atom. The highest BCUT2D eigenvalue weighted by atomic mass is 79.9. The van der Waals surface area contributed by atoms with Gasteiger partial charge in [0.2, 0.25) is 0 Å². The molecule has 0 N–H and O–H groups in total. The van der Waals surface area contributed by atoms with E-state index in [2.05, 4.69) is 46.5 Å². The molecule has 2 aromatic rings. The SMILES string of the molecule is CCOc1ccc(C(Cl)c2ccc(SC)cc2)c(Br)c1. The fourth-order valence-corrected chi connectivity index (χ4v) is 3.38. The number of ether oxygens (including phenoxy) is 1. The Morgan fingerprint density at radius 1 is 1.20 bits per heavy atom. The summed E-state index contributed by atoms with van der Waals surface area (Å²) in [6, 6.07) is 14.3. The van der Waals surface area contributed by atoms with E-state index in [-0.39, 0.29) is 5.38 Å². The molecule has 0 amide bonds. The Hall–Kier alpha value is -0.640. The zero-order valence-electron chi connectivity index (χ0n) is 11.4. The molecule has 0 bridgehead atoms. The van der Waals surface area contributed by atoms with E-state index in [0.29, 0.717) is 6.61 Å². The molecule has 0 saturated carbocycles. The van der Waals surface area contributed by atoms with E-state index in [9.17, 15) is 0 Å². The average Bonchev–Trinajstić information content (AvgIpc) is 2.47. The van der Waals surface area contributed by atoms with Gasteiger partial charge >= 0.3 is 0 Å². The summed E-state index contributed by atoms with van der Waals surface area (Å²) in [5.74, 6) is 0.852. The Kier molecular flexibility index (Phi) is 5.82. The van der Waals surface area contributed by atoms with Crippen LogP contribution in [0.4, 0.5) is 0 Å². The van der Waals surface area contributed by atoms with Crippen molar-refractivity contribution >= 4 is 39.3 Å². The number of hydrogen-bond acceptors (Lipinski definition) is 2. The molecule has 0 aromatic heterocycles. The van der Waals surface area contributed by atoms with Crippen LogP contribution in [0.3, 0.4) is 0 Å². The summed E-state index contributed by atoms with van der Waals surface area (Å²) in [6.45, 7) is 2.63. The maximum absolute atomic E-state index is 6.58. The average molecular weight is 372 g/mol. The molecule has 0 fully saturated rings. The molecule has 4 heteroatoms. The molecular formula is C16H16BrClOS. The minimum Gasteiger partial charge on any atom is -0.494 e. The van der Waals surface area contributed by atoms with Gasteiger partial charge in [-0.3, -0.25) is 0 Å². The van der Waals surface area contributed by atoms with Gasteiger partial charge in [0.25, 0.3) is 0 Å². The lowest BCUT2D eigenvalue weighted by molar-refractivity contribution is 0.340. The third-order valence-electron chi connectivity index (χ3n) is 2.96. The Bertz CT molecular complexity index is 571. The number of hydrogen-bond donors (Lipinski definition) is 0. The monoisotopic (exact) mass is 370 g/mol.